The van der Waals surface area contributed by atoms with Gasteiger partial charge in [-0.05, 0) is 36.8 Å². The lowest BCUT2D eigenvalue weighted by Gasteiger charge is -2.34. The van der Waals surface area contributed by atoms with E-state index in [0.29, 0.717) is 26.2 Å². The van der Waals surface area contributed by atoms with E-state index in [2.05, 4.69) is 5.32 Å². The van der Waals surface area contributed by atoms with Gasteiger partial charge in [-0.15, -0.1) is 0 Å². The molecule has 2 aromatic rings. The monoisotopic (exact) mass is 403 g/mol. The molecule has 1 aliphatic rings. The Morgan fingerprint density at radius 1 is 1.00 bits per heavy atom. The molecule has 0 aromatic heterocycles. The first kappa shape index (κ1) is 20.2. The van der Waals surface area contributed by atoms with Crippen molar-refractivity contribution in [1.29, 1.82) is 0 Å². The van der Waals surface area contributed by atoms with Crippen molar-refractivity contribution in [2.45, 2.75) is 18.4 Å². The topological polar surface area (TPSA) is 79.0 Å². The van der Waals surface area contributed by atoms with E-state index >= 15 is 0 Å². The Morgan fingerprint density at radius 2 is 1.64 bits per heavy atom. The van der Waals surface area contributed by atoms with Crippen LogP contribution in [0.2, 0.25) is 0 Å². The second-order valence-electron chi connectivity index (χ2n) is 6.44. The van der Waals surface area contributed by atoms with Crippen molar-refractivity contribution in [3.63, 3.8) is 0 Å². The molecule has 0 unspecified atom stereocenters. The maximum Gasteiger partial charge on any atom is 0.317 e. The van der Waals surface area contributed by atoms with Crippen molar-refractivity contribution in [3.8, 4) is 5.75 Å². The quantitative estimate of drug-likeness (QED) is 0.803. The normalized spacial score (nSPS) is 15.2. The van der Waals surface area contributed by atoms with Crippen LogP contribution in [0.25, 0.3) is 0 Å². The first-order chi connectivity index (χ1) is 13.5. The number of ether oxygens (including phenoxy) is 1. The number of benzene rings is 2. The molecule has 0 spiro atoms. The van der Waals surface area contributed by atoms with Gasteiger partial charge in [-0.1, -0.05) is 30.3 Å². The highest BCUT2D eigenvalue weighted by Crippen LogP contribution is 2.17. The van der Waals surface area contributed by atoms with Gasteiger partial charge in [0.15, 0.2) is 0 Å². The van der Waals surface area contributed by atoms with Crippen LogP contribution in [0.15, 0.2) is 59.5 Å². The molecule has 0 bridgehead atoms. The van der Waals surface area contributed by atoms with E-state index in [4.69, 9.17) is 4.74 Å². The van der Waals surface area contributed by atoms with Crippen LogP contribution in [0, 0.1) is 0 Å². The number of amides is 2. The van der Waals surface area contributed by atoms with Gasteiger partial charge in [0.25, 0.3) is 0 Å². The van der Waals surface area contributed by atoms with Gasteiger partial charge in [0, 0.05) is 32.7 Å². The number of piperazine rings is 1. The summed E-state index contributed by atoms with van der Waals surface area (Å²) in [6.45, 7) is 4.25. The Labute approximate surface area is 166 Å². The molecule has 3 rings (SSSR count). The number of carbonyl (C=O) groups is 1. The average molecular weight is 404 g/mol. The van der Waals surface area contributed by atoms with E-state index in [0.717, 1.165) is 11.3 Å². The van der Waals surface area contributed by atoms with Crippen molar-refractivity contribution in [2.75, 3.05) is 32.8 Å². The van der Waals surface area contributed by atoms with Crippen LogP contribution in [-0.2, 0) is 16.6 Å². The fraction of sp³-hybridized carbons (Fsp3) is 0.350. The van der Waals surface area contributed by atoms with Crippen molar-refractivity contribution in [3.05, 3.63) is 60.2 Å². The molecule has 1 saturated heterocycles. The van der Waals surface area contributed by atoms with Crippen LogP contribution in [0.5, 0.6) is 5.75 Å². The van der Waals surface area contributed by atoms with Gasteiger partial charge in [-0.2, -0.15) is 4.31 Å². The van der Waals surface area contributed by atoms with Gasteiger partial charge in [-0.3, -0.25) is 0 Å². The molecule has 1 aliphatic heterocycles. The summed E-state index contributed by atoms with van der Waals surface area (Å²) in [6.07, 6.45) is 0. The molecule has 0 atom stereocenters. The molecule has 1 N–H and O–H groups in total. The molecule has 0 radical (unpaired) electrons. The van der Waals surface area contributed by atoms with Crippen LogP contribution >= 0.6 is 0 Å². The number of hydrogen-bond donors (Lipinski definition) is 1. The minimum Gasteiger partial charge on any atom is -0.494 e. The van der Waals surface area contributed by atoms with E-state index < -0.39 is 10.0 Å². The molecule has 28 heavy (non-hydrogen) atoms. The molecule has 2 amide bonds. The number of nitrogens with one attached hydrogen (secondary N) is 1. The van der Waals surface area contributed by atoms with E-state index in [1.807, 2.05) is 31.2 Å². The van der Waals surface area contributed by atoms with Gasteiger partial charge in [0.2, 0.25) is 10.0 Å². The zero-order chi connectivity index (χ0) is 20.0. The van der Waals surface area contributed by atoms with Crippen molar-refractivity contribution < 1.29 is 17.9 Å². The van der Waals surface area contributed by atoms with Gasteiger partial charge >= 0.3 is 6.03 Å². The standard InChI is InChI=1S/C20H25N3O4S/c1-2-27-18-10-8-17(9-11-18)16-21-20(24)22-12-14-23(15-13-22)28(25,26)19-6-4-3-5-7-19/h3-11H,2,12-16H2,1H3,(H,21,24). The predicted octanol–water partition coefficient (Wildman–Crippen LogP) is 2.30. The Balaban J connectivity index is 1.50. The van der Waals surface area contributed by atoms with E-state index in [1.165, 1.54) is 4.31 Å². The summed E-state index contributed by atoms with van der Waals surface area (Å²) >= 11 is 0. The third kappa shape index (κ3) is 4.82. The minimum atomic E-state index is -3.51. The van der Waals surface area contributed by atoms with E-state index in [9.17, 15) is 13.2 Å². The highest BCUT2D eigenvalue weighted by atomic mass is 32.2. The maximum atomic E-state index is 12.6. The van der Waals surface area contributed by atoms with Crippen LogP contribution in [0.4, 0.5) is 4.79 Å². The SMILES string of the molecule is CCOc1ccc(CNC(=O)N2CCN(S(=O)(=O)c3ccccc3)CC2)cc1. The number of sulfonamides is 1. The number of hydrogen-bond acceptors (Lipinski definition) is 4. The van der Waals surface area contributed by atoms with Crippen molar-refractivity contribution in [2.24, 2.45) is 0 Å². The van der Waals surface area contributed by atoms with Gasteiger partial charge in [0.1, 0.15) is 5.75 Å². The smallest absolute Gasteiger partial charge is 0.317 e. The number of carbonyl (C=O) groups excluding carboxylic acids is 1. The lowest BCUT2D eigenvalue weighted by Crippen LogP contribution is -2.52. The molecule has 0 saturated carbocycles. The average Bonchev–Trinajstić information content (AvgIpc) is 2.74. The van der Waals surface area contributed by atoms with Gasteiger partial charge in [-0.25, -0.2) is 13.2 Å². The largest absolute Gasteiger partial charge is 0.494 e. The van der Waals surface area contributed by atoms with Crippen LogP contribution in [0.1, 0.15) is 12.5 Å². The van der Waals surface area contributed by atoms with Crippen LogP contribution in [-0.4, -0.2) is 56.4 Å². The summed E-state index contributed by atoms with van der Waals surface area (Å²) in [6, 6.07) is 15.8. The molecule has 7 nitrogen and oxygen atoms in total. The highest BCUT2D eigenvalue weighted by molar-refractivity contribution is 7.89. The number of nitrogens with zero attached hydrogens (tertiary/aromatic N) is 2. The zero-order valence-electron chi connectivity index (χ0n) is 15.9. The fourth-order valence-corrected chi connectivity index (χ4v) is 4.48. The molecular formula is C20H25N3O4S. The first-order valence-electron chi connectivity index (χ1n) is 9.30. The summed E-state index contributed by atoms with van der Waals surface area (Å²) in [5.74, 6) is 0.799. The Hall–Kier alpha value is -2.58. The first-order valence-corrected chi connectivity index (χ1v) is 10.7. The van der Waals surface area contributed by atoms with Crippen LogP contribution in [0.3, 0.4) is 0 Å². The lowest BCUT2D eigenvalue weighted by atomic mass is 10.2. The maximum absolute atomic E-state index is 12.6. The summed E-state index contributed by atoms with van der Waals surface area (Å²) in [5.41, 5.74) is 0.974. The Morgan fingerprint density at radius 3 is 2.25 bits per heavy atom. The predicted molar refractivity (Wildman–Crippen MR) is 107 cm³/mol. The third-order valence-corrected chi connectivity index (χ3v) is 6.50. The van der Waals surface area contributed by atoms with Gasteiger partial charge < -0.3 is 15.0 Å². The van der Waals surface area contributed by atoms with E-state index in [-0.39, 0.29) is 24.0 Å². The molecule has 0 aliphatic carbocycles. The van der Waals surface area contributed by atoms with Crippen molar-refractivity contribution >= 4 is 16.1 Å². The van der Waals surface area contributed by atoms with Crippen LogP contribution < -0.4 is 10.1 Å². The molecular weight excluding hydrogens is 378 g/mol. The highest BCUT2D eigenvalue weighted by Gasteiger charge is 2.29. The molecule has 1 fully saturated rings. The number of rotatable bonds is 6. The molecule has 2 aromatic carbocycles. The fourth-order valence-electron chi connectivity index (χ4n) is 3.03. The Bertz CT molecular complexity index is 877. The Kier molecular flexibility index (Phi) is 6.53. The molecule has 150 valence electrons. The third-order valence-electron chi connectivity index (χ3n) is 4.58. The summed E-state index contributed by atoms with van der Waals surface area (Å²) in [5, 5.41) is 2.88. The number of urea groups is 1. The molecule has 1 heterocycles. The zero-order valence-corrected chi connectivity index (χ0v) is 16.7. The summed E-state index contributed by atoms with van der Waals surface area (Å²) in [4.78, 5) is 14.3. The van der Waals surface area contributed by atoms with Gasteiger partial charge in [0.05, 0.1) is 11.5 Å². The lowest BCUT2D eigenvalue weighted by molar-refractivity contribution is 0.172. The summed E-state index contributed by atoms with van der Waals surface area (Å²) in [7, 11) is -3.51. The molecule has 8 heteroatoms. The second kappa shape index (κ2) is 9.07. The second-order valence-corrected chi connectivity index (χ2v) is 8.38. The van der Waals surface area contributed by atoms with Crippen molar-refractivity contribution in [1.82, 2.24) is 14.5 Å². The minimum absolute atomic E-state index is 0.189. The van der Waals surface area contributed by atoms with E-state index in [1.54, 1.807) is 35.2 Å². The summed E-state index contributed by atoms with van der Waals surface area (Å²) < 4.78 is 32.1.